The largest absolute Gasteiger partial charge is 0.393 e. The quantitative estimate of drug-likeness (QED) is 0.714. The first kappa shape index (κ1) is 9.26. The van der Waals surface area contributed by atoms with Crippen molar-refractivity contribution in [2.45, 2.75) is 33.3 Å². The Hall–Kier alpha value is -0.830. The Kier molecular flexibility index (Phi) is 2.52. The topological polar surface area (TPSA) is 38.0 Å². The standard InChI is InChI=1S/C9H16N2O/c1-6(12)5-9-7(2)10-11(4)8(9)3/h6,12H,5H2,1-4H3. The third-order valence-corrected chi connectivity index (χ3v) is 2.16. The van der Waals surface area contributed by atoms with Gasteiger partial charge in [0.1, 0.15) is 0 Å². The number of aryl methyl sites for hydroxylation is 2. The highest BCUT2D eigenvalue weighted by molar-refractivity contribution is 5.24. The van der Waals surface area contributed by atoms with Crippen molar-refractivity contribution in [3.63, 3.8) is 0 Å². The second kappa shape index (κ2) is 3.27. The fourth-order valence-corrected chi connectivity index (χ4v) is 1.41. The van der Waals surface area contributed by atoms with Gasteiger partial charge in [-0.2, -0.15) is 5.10 Å². The van der Waals surface area contributed by atoms with Crippen LogP contribution in [0.3, 0.4) is 0 Å². The molecule has 0 bridgehead atoms. The lowest BCUT2D eigenvalue weighted by Gasteiger charge is -2.03. The molecule has 3 nitrogen and oxygen atoms in total. The maximum absolute atomic E-state index is 9.23. The fourth-order valence-electron chi connectivity index (χ4n) is 1.41. The summed E-state index contributed by atoms with van der Waals surface area (Å²) in [5, 5.41) is 13.5. The van der Waals surface area contributed by atoms with Crippen molar-refractivity contribution < 1.29 is 5.11 Å². The van der Waals surface area contributed by atoms with Crippen LogP contribution in [0.2, 0.25) is 0 Å². The van der Waals surface area contributed by atoms with Crippen LogP contribution in [-0.2, 0) is 13.5 Å². The van der Waals surface area contributed by atoms with Crippen LogP contribution in [0.1, 0.15) is 23.9 Å². The number of nitrogens with zero attached hydrogens (tertiary/aromatic N) is 2. The van der Waals surface area contributed by atoms with Crippen molar-refractivity contribution in [3.8, 4) is 0 Å². The first-order valence-electron chi connectivity index (χ1n) is 4.19. The molecule has 0 saturated carbocycles. The molecule has 0 aliphatic rings. The van der Waals surface area contributed by atoms with Gasteiger partial charge >= 0.3 is 0 Å². The lowest BCUT2D eigenvalue weighted by molar-refractivity contribution is 0.195. The summed E-state index contributed by atoms with van der Waals surface area (Å²) in [5.74, 6) is 0. The van der Waals surface area contributed by atoms with Gasteiger partial charge in [0.15, 0.2) is 0 Å². The number of aromatic nitrogens is 2. The first-order valence-corrected chi connectivity index (χ1v) is 4.19. The molecule has 68 valence electrons. The van der Waals surface area contributed by atoms with Gasteiger partial charge < -0.3 is 5.11 Å². The van der Waals surface area contributed by atoms with Gasteiger partial charge in [-0.1, -0.05) is 0 Å². The van der Waals surface area contributed by atoms with E-state index in [-0.39, 0.29) is 6.10 Å². The molecule has 1 unspecified atom stereocenters. The summed E-state index contributed by atoms with van der Waals surface area (Å²) < 4.78 is 1.85. The molecule has 0 aromatic carbocycles. The Labute approximate surface area is 73.0 Å². The summed E-state index contributed by atoms with van der Waals surface area (Å²) >= 11 is 0. The van der Waals surface area contributed by atoms with E-state index >= 15 is 0 Å². The van der Waals surface area contributed by atoms with Crippen LogP contribution >= 0.6 is 0 Å². The SMILES string of the molecule is Cc1nn(C)c(C)c1CC(C)O. The molecule has 12 heavy (non-hydrogen) atoms. The molecule has 1 atom stereocenters. The van der Waals surface area contributed by atoms with Gasteiger partial charge in [-0.25, -0.2) is 0 Å². The van der Waals surface area contributed by atoms with Crippen molar-refractivity contribution in [1.29, 1.82) is 0 Å². The van der Waals surface area contributed by atoms with Gasteiger partial charge in [-0.3, -0.25) is 4.68 Å². The van der Waals surface area contributed by atoms with Crippen LogP contribution < -0.4 is 0 Å². The molecular formula is C9H16N2O. The number of aliphatic hydroxyl groups is 1. The Morgan fingerprint density at radius 1 is 1.50 bits per heavy atom. The molecule has 1 aromatic heterocycles. The van der Waals surface area contributed by atoms with E-state index in [1.54, 1.807) is 6.92 Å². The zero-order valence-corrected chi connectivity index (χ0v) is 8.13. The van der Waals surface area contributed by atoms with Crippen molar-refractivity contribution >= 4 is 0 Å². The molecular weight excluding hydrogens is 152 g/mol. The Balaban J connectivity index is 2.97. The molecule has 0 spiro atoms. The lowest BCUT2D eigenvalue weighted by atomic mass is 10.1. The normalized spacial score (nSPS) is 13.4. The molecule has 1 aromatic rings. The summed E-state index contributed by atoms with van der Waals surface area (Å²) in [4.78, 5) is 0. The highest BCUT2D eigenvalue weighted by Gasteiger charge is 2.10. The zero-order valence-electron chi connectivity index (χ0n) is 8.13. The smallest absolute Gasteiger partial charge is 0.0629 e. The molecule has 1 heterocycles. The maximum Gasteiger partial charge on any atom is 0.0629 e. The van der Waals surface area contributed by atoms with Crippen molar-refractivity contribution in [2.24, 2.45) is 7.05 Å². The third-order valence-electron chi connectivity index (χ3n) is 2.16. The summed E-state index contributed by atoms with van der Waals surface area (Å²) in [6.45, 7) is 5.80. The Morgan fingerprint density at radius 2 is 2.08 bits per heavy atom. The van der Waals surface area contributed by atoms with Crippen molar-refractivity contribution in [2.75, 3.05) is 0 Å². The number of hydrogen-bond donors (Lipinski definition) is 1. The highest BCUT2D eigenvalue weighted by Crippen LogP contribution is 2.13. The predicted octanol–water partition coefficient (Wildman–Crippen LogP) is 0.960. The molecule has 0 aliphatic heterocycles. The summed E-state index contributed by atoms with van der Waals surface area (Å²) in [7, 11) is 1.92. The lowest BCUT2D eigenvalue weighted by Crippen LogP contribution is -2.06. The van der Waals surface area contributed by atoms with Gasteiger partial charge in [-0.05, 0) is 26.3 Å². The van der Waals surface area contributed by atoms with Crippen molar-refractivity contribution in [3.05, 3.63) is 17.0 Å². The second-order valence-corrected chi connectivity index (χ2v) is 3.33. The summed E-state index contributed by atoms with van der Waals surface area (Å²) in [6.07, 6.45) is 0.414. The summed E-state index contributed by atoms with van der Waals surface area (Å²) in [5.41, 5.74) is 3.34. The van der Waals surface area contributed by atoms with Gasteiger partial charge in [-0.15, -0.1) is 0 Å². The number of hydrogen-bond acceptors (Lipinski definition) is 2. The van der Waals surface area contributed by atoms with Crippen LogP contribution in [-0.4, -0.2) is 21.0 Å². The van der Waals surface area contributed by atoms with Gasteiger partial charge in [0, 0.05) is 19.2 Å². The molecule has 0 aliphatic carbocycles. The van der Waals surface area contributed by atoms with Crippen LogP contribution in [0, 0.1) is 13.8 Å². The number of rotatable bonds is 2. The molecule has 3 heteroatoms. The monoisotopic (exact) mass is 168 g/mol. The van der Waals surface area contributed by atoms with Crippen LogP contribution in [0.25, 0.3) is 0 Å². The Morgan fingerprint density at radius 3 is 2.42 bits per heavy atom. The molecule has 0 amide bonds. The zero-order chi connectivity index (χ0) is 9.30. The van der Waals surface area contributed by atoms with Gasteiger partial charge in [0.25, 0.3) is 0 Å². The van der Waals surface area contributed by atoms with E-state index in [1.165, 1.54) is 5.56 Å². The first-order chi connectivity index (χ1) is 5.52. The van der Waals surface area contributed by atoms with Crippen LogP contribution in [0.4, 0.5) is 0 Å². The second-order valence-electron chi connectivity index (χ2n) is 3.33. The molecule has 0 saturated heterocycles. The summed E-state index contributed by atoms with van der Waals surface area (Å²) in [6, 6.07) is 0. The average molecular weight is 168 g/mol. The fraction of sp³-hybridized carbons (Fsp3) is 0.667. The predicted molar refractivity (Wildman–Crippen MR) is 48.1 cm³/mol. The Bertz CT molecular complexity index is 276. The van der Waals surface area contributed by atoms with Crippen LogP contribution in [0.5, 0.6) is 0 Å². The van der Waals surface area contributed by atoms with E-state index in [0.717, 1.165) is 11.4 Å². The van der Waals surface area contributed by atoms with E-state index in [0.29, 0.717) is 6.42 Å². The number of aliphatic hydroxyl groups excluding tert-OH is 1. The maximum atomic E-state index is 9.23. The van der Waals surface area contributed by atoms with Crippen LogP contribution in [0.15, 0.2) is 0 Å². The van der Waals surface area contributed by atoms with E-state index < -0.39 is 0 Å². The molecule has 1 rings (SSSR count). The van der Waals surface area contributed by atoms with E-state index in [9.17, 15) is 5.11 Å². The average Bonchev–Trinajstić information content (AvgIpc) is 2.16. The van der Waals surface area contributed by atoms with E-state index in [1.807, 2.05) is 25.6 Å². The molecule has 0 radical (unpaired) electrons. The van der Waals surface area contributed by atoms with Gasteiger partial charge in [0.2, 0.25) is 0 Å². The highest BCUT2D eigenvalue weighted by atomic mass is 16.3. The van der Waals surface area contributed by atoms with Crippen molar-refractivity contribution in [1.82, 2.24) is 9.78 Å². The minimum absolute atomic E-state index is 0.286. The third kappa shape index (κ3) is 1.67. The minimum atomic E-state index is -0.286. The van der Waals surface area contributed by atoms with E-state index in [2.05, 4.69) is 5.10 Å². The van der Waals surface area contributed by atoms with E-state index in [4.69, 9.17) is 0 Å². The molecule has 0 fully saturated rings. The van der Waals surface area contributed by atoms with Gasteiger partial charge in [0.05, 0.1) is 11.8 Å². The minimum Gasteiger partial charge on any atom is -0.393 e. The molecule has 1 N–H and O–H groups in total.